The first-order chi connectivity index (χ1) is 16.7. The Hall–Kier alpha value is -4.17. The Morgan fingerprint density at radius 3 is 2.91 bits per heavy atom. The lowest BCUT2D eigenvalue weighted by atomic mass is 9.97. The number of nitrogens with zero attached hydrogens (tertiary/aromatic N) is 4. The molecule has 3 aromatic heterocycles. The lowest BCUT2D eigenvalue weighted by Crippen LogP contribution is -2.20. The molecule has 0 spiro atoms. The minimum absolute atomic E-state index is 0.293. The fraction of sp³-hybridized carbons (Fsp3) is 0.192. The van der Waals surface area contributed by atoms with Gasteiger partial charge in [-0.25, -0.2) is 9.97 Å². The quantitative estimate of drug-likeness (QED) is 0.304. The molecule has 0 radical (unpaired) electrons. The standard InChI is InChI=1S/C26H25N7O/c1-2-16-9-20(34)4-6-21(16)17-3-5-22-23(10-17)31-32-25(22)26-28-12-24(30-26)18-7-8-33(13-18)14-19-11-27-15-29-19/h3-7,9-12,15,34H,2,8,13-14H2,1H3,(H,27,29)(H,28,30)(H,31,32). The molecule has 0 atom stereocenters. The fourth-order valence-electron chi connectivity index (χ4n) is 4.66. The van der Waals surface area contributed by atoms with Gasteiger partial charge >= 0.3 is 0 Å². The molecule has 0 aliphatic carbocycles. The van der Waals surface area contributed by atoms with Gasteiger partial charge in [0.25, 0.3) is 0 Å². The van der Waals surface area contributed by atoms with Crippen molar-refractivity contribution < 1.29 is 5.11 Å². The molecule has 0 saturated heterocycles. The van der Waals surface area contributed by atoms with Crippen LogP contribution in [0.1, 0.15) is 23.9 Å². The van der Waals surface area contributed by atoms with Gasteiger partial charge in [0.15, 0.2) is 5.82 Å². The van der Waals surface area contributed by atoms with Crippen LogP contribution in [0.5, 0.6) is 5.75 Å². The lowest BCUT2D eigenvalue weighted by Gasteiger charge is -2.13. The van der Waals surface area contributed by atoms with E-state index in [0.29, 0.717) is 5.75 Å². The number of hydrogen-bond donors (Lipinski definition) is 4. The number of aromatic nitrogens is 6. The topological polar surface area (TPSA) is 110 Å². The second kappa shape index (κ2) is 8.31. The van der Waals surface area contributed by atoms with Gasteiger partial charge in [-0.1, -0.05) is 25.1 Å². The number of hydrogen-bond acceptors (Lipinski definition) is 5. The van der Waals surface area contributed by atoms with Gasteiger partial charge in [0.1, 0.15) is 11.4 Å². The highest BCUT2D eigenvalue weighted by molar-refractivity contribution is 5.94. The zero-order valence-corrected chi connectivity index (χ0v) is 18.8. The van der Waals surface area contributed by atoms with Crippen LogP contribution in [0.15, 0.2) is 61.2 Å². The summed E-state index contributed by atoms with van der Waals surface area (Å²) in [5, 5.41) is 18.6. The first-order valence-corrected chi connectivity index (χ1v) is 11.4. The summed E-state index contributed by atoms with van der Waals surface area (Å²) < 4.78 is 0. The van der Waals surface area contributed by atoms with Crippen LogP contribution in [-0.2, 0) is 13.0 Å². The number of imidazole rings is 2. The smallest absolute Gasteiger partial charge is 0.159 e. The van der Waals surface area contributed by atoms with Crippen molar-refractivity contribution >= 4 is 16.5 Å². The highest BCUT2D eigenvalue weighted by atomic mass is 16.3. The van der Waals surface area contributed by atoms with Crippen molar-refractivity contribution in [3.8, 4) is 28.4 Å². The van der Waals surface area contributed by atoms with E-state index < -0.39 is 0 Å². The normalized spacial score (nSPS) is 14.2. The molecule has 8 heteroatoms. The molecule has 1 aliphatic heterocycles. The molecule has 0 fully saturated rings. The largest absolute Gasteiger partial charge is 0.508 e. The molecule has 8 nitrogen and oxygen atoms in total. The Balaban J connectivity index is 1.25. The van der Waals surface area contributed by atoms with E-state index in [1.165, 1.54) is 5.57 Å². The molecular weight excluding hydrogens is 426 g/mol. The molecule has 2 aromatic carbocycles. The third-order valence-corrected chi connectivity index (χ3v) is 6.43. The van der Waals surface area contributed by atoms with Gasteiger partial charge in [0.05, 0.1) is 23.7 Å². The number of aromatic hydroxyl groups is 1. The van der Waals surface area contributed by atoms with Gasteiger partial charge in [0, 0.05) is 36.9 Å². The molecule has 0 amide bonds. The number of H-pyrrole nitrogens is 3. The first kappa shape index (κ1) is 20.4. The van der Waals surface area contributed by atoms with Gasteiger partial charge < -0.3 is 15.1 Å². The van der Waals surface area contributed by atoms with E-state index >= 15 is 0 Å². The number of phenols is 1. The van der Waals surface area contributed by atoms with Gasteiger partial charge in [0.2, 0.25) is 0 Å². The van der Waals surface area contributed by atoms with Crippen molar-refractivity contribution in [1.82, 2.24) is 35.0 Å². The predicted molar refractivity (Wildman–Crippen MR) is 132 cm³/mol. The van der Waals surface area contributed by atoms with Crippen molar-refractivity contribution in [3.05, 3.63) is 78.1 Å². The minimum atomic E-state index is 0.293. The Labute approximate surface area is 196 Å². The average Bonchev–Trinajstić information content (AvgIpc) is 3.65. The zero-order chi connectivity index (χ0) is 23.1. The number of aryl methyl sites for hydroxylation is 1. The number of rotatable bonds is 6. The van der Waals surface area contributed by atoms with Crippen molar-refractivity contribution in [1.29, 1.82) is 0 Å². The average molecular weight is 452 g/mol. The van der Waals surface area contributed by atoms with E-state index in [1.54, 1.807) is 12.4 Å². The van der Waals surface area contributed by atoms with Gasteiger partial charge in [-0.15, -0.1) is 0 Å². The van der Waals surface area contributed by atoms with E-state index in [4.69, 9.17) is 0 Å². The Morgan fingerprint density at radius 1 is 1.12 bits per heavy atom. The van der Waals surface area contributed by atoms with Crippen LogP contribution < -0.4 is 0 Å². The zero-order valence-electron chi connectivity index (χ0n) is 18.8. The van der Waals surface area contributed by atoms with Crippen LogP contribution >= 0.6 is 0 Å². The summed E-state index contributed by atoms with van der Waals surface area (Å²) in [5.41, 5.74) is 8.45. The molecule has 0 bridgehead atoms. The van der Waals surface area contributed by atoms with Crippen molar-refractivity contribution in [2.24, 2.45) is 0 Å². The minimum Gasteiger partial charge on any atom is -0.508 e. The summed E-state index contributed by atoms with van der Waals surface area (Å²) in [6.45, 7) is 4.69. The van der Waals surface area contributed by atoms with Crippen molar-refractivity contribution in [2.75, 3.05) is 13.1 Å². The molecule has 170 valence electrons. The second-order valence-corrected chi connectivity index (χ2v) is 8.65. The number of fused-ring (bicyclic) bond motifs is 1. The third-order valence-electron chi connectivity index (χ3n) is 6.43. The van der Waals surface area contributed by atoms with Gasteiger partial charge in [-0.3, -0.25) is 10.00 Å². The molecular formula is C26H25N7O. The predicted octanol–water partition coefficient (Wildman–Crippen LogP) is 4.51. The maximum absolute atomic E-state index is 9.83. The number of benzene rings is 2. The molecule has 0 saturated carbocycles. The summed E-state index contributed by atoms with van der Waals surface area (Å²) >= 11 is 0. The summed E-state index contributed by atoms with van der Waals surface area (Å²) in [6.07, 6.45) is 8.56. The molecule has 1 aliphatic rings. The Kier molecular flexibility index (Phi) is 5.00. The first-order valence-electron chi connectivity index (χ1n) is 11.4. The molecule has 34 heavy (non-hydrogen) atoms. The Bertz CT molecular complexity index is 1490. The number of aromatic amines is 3. The van der Waals surface area contributed by atoms with E-state index in [9.17, 15) is 5.11 Å². The van der Waals surface area contributed by atoms with E-state index in [-0.39, 0.29) is 0 Å². The summed E-state index contributed by atoms with van der Waals surface area (Å²) in [6, 6.07) is 11.8. The van der Waals surface area contributed by atoms with Crippen LogP contribution in [0, 0.1) is 0 Å². The van der Waals surface area contributed by atoms with Gasteiger partial charge in [-0.05, 0) is 52.9 Å². The second-order valence-electron chi connectivity index (χ2n) is 8.65. The van der Waals surface area contributed by atoms with Crippen LogP contribution in [-0.4, -0.2) is 53.2 Å². The molecule has 4 N–H and O–H groups in total. The SMILES string of the molecule is CCc1cc(O)ccc1-c1ccc2c(-c3ncc(C4=CCN(Cc5cnc[nH]5)C4)[nH]3)n[nH]c2c1. The number of nitrogens with one attached hydrogen (secondary N) is 3. The summed E-state index contributed by atoms with van der Waals surface area (Å²) in [5.74, 6) is 1.04. The fourth-order valence-corrected chi connectivity index (χ4v) is 4.66. The van der Waals surface area contributed by atoms with E-state index in [1.807, 2.05) is 24.5 Å². The highest BCUT2D eigenvalue weighted by Gasteiger charge is 2.19. The van der Waals surface area contributed by atoms with Crippen molar-refractivity contribution in [3.63, 3.8) is 0 Å². The lowest BCUT2D eigenvalue weighted by molar-refractivity contribution is 0.344. The Morgan fingerprint density at radius 2 is 2.06 bits per heavy atom. The van der Waals surface area contributed by atoms with Crippen LogP contribution in [0.25, 0.3) is 39.1 Å². The monoisotopic (exact) mass is 451 g/mol. The van der Waals surface area contributed by atoms with Crippen LogP contribution in [0.4, 0.5) is 0 Å². The van der Waals surface area contributed by atoms with Crippen LogP contribution in [0.3, 0.4) is 0 Å². The maximum Gasteiger partial charge on any atom is 0.159 e. The third kappa shape index (κ3) is 3.68. The molecule has 4 heterocycles. The van der Waals surface area contributed by atoms with Crippen molar-refractivity contribution in [2.45, 2.75) is 19.9 Å². The summed E-state index contributed by atoms with van der Waals surface area (Å²) in [4.78, 5) is 17.7. The van der Waals surface area contributed by atoms with E-state index in [2.05, 4.69) is 66.2 Å². The molecule has 5 aromatic rings. The summed E-state index contributed by atoms with van der Waals surface area (Å²) in [7, 11) is 0. The molecule has 6 rings (SSSR count). The molecule has 0 unspecified atom stereocenters. The van der Waals surface area contributed by atoms with E-state index in [0.717, 1.165) is 76.6 Å². The number of phenolic OH excluding ortho intramolecular Hbond substituents is 1. The van der Waals surface area contributed by atoms with Gasteiger partial charge in [-0.2, -0.15) is 5.10 Å². The van der Waals surface area contributed by atoms with Crippen LogP contribution in [0.2, 0.25) is 0 Å². The maximum atomic E-state index is 9.83. The highest BCUT2D eigenvalue weighted by Crippen LogP contribution is 2.32.